The van der Waals surface area contributed by atoms with Crippen LogP contribution < -0.4 is 11.1 Å². The molecule has 0 radical (unpaired) electrons. The summed E-state index contributed by atoms with van der Waals surface area (Å²) in [7, 11) is 0. The minimum absolute atomic E-state index is 0.115. The molecule has 0 unspecified atom stereocenters. The van der Waals surface area contributed by atoms with E-state index in [1.807, 2.05) is 30.5 Å². The number of rotatable bonds is 6. The highest BCUT2D eigenvalue weighted by Crippen LogP contribution is 2.26. The Morgan fingerprint density at radius 3 is 2.79 bits per heavy atom. The third-order valence-electron chi connectivity index (χ3n) is 3.86. The van der Waals surface area contributed by atoms with Gasteiger partial charge in [-0.25, -0.2) is 0 Å². The number of hydrogen-bond donors (Lipinski definition) is 3. The van der Waals surface area contributed by atoms with Crippen LogP contribution in [0.5, 0.6) is 0 Å². The van der Waals surface area contributed by atoms with Crippen LogP contribution in [-0.2, 0) is 6.42 Å². The van der Waals surface area contributed by atoms with E-state index in [-0.39, 0.29) is 11.3 Å². The van der Waals surface area contributed by atoms with Crippen LogP contribution in [0.15, 0.2) is 48.7 Å². The number of aromatic nitrogens is 1. The summed E-state index contributed by atoms with van der Waals surface area (Å²) in [5, 5.41) is 15.4. The Hall–Kier alpha value is -3.35. The number of nitrogens with zero attached hydrogens (tertiary/aromatic N) is 1. The van der Waals surface area contributed by atoms with Gasteiger partial charge in [-0.2, -0.15) is 0 Å². The van der Waals surface area contributed by atoms with E-state index in [9.17, 15) is 14.9 Å². The number of fused-ring (bicyclic) bond motifs is 1. The van der Waals surface area contributed by atoms with Gasteiger partial charge in [0.1, 0.15) is 5.69 Å². The van der Waals surface area contributed by atoms with Crippen LogP contribution in [0.3, 0.4) is 0 Å². The van der Waals surface area contributed by atoms with E-state index >= 15 is 0 Å². The van der Waals surface area contributed by atoms with Crippen LogP contribution >= 0.6 is 0 Å². The molecule has 1 heterocycles. The summed E-state index contributed by atoms with van der Waals surface area (Å²) in [5.41, 5.74) is 7.68. The number of carbonyl (C=O) groups is 1. The summed E-state index contributed by atoms with van der Waals surface area (Å²) in [6.45, 7) is 0.526. The van der Waals surface area contributed by atoms with Crippen LogP contribution in [-0.4, -0.2) is 22.4 Å². The van der Waals surface area contributed by atoms with Gasteiger partial charge in [-0.05, 0) is 30.2 Å². The highest BCUT2D eigenvalue weighted by molar-refractivity contribution is 5.94. The topological polar surface area (TPSA) is 114 Å². The van der Waals surface area contributed by atoms with E-state index in [2.05, 4.69) is 10.3 Å². The zero-order chi connectivity index (χ0) is 17.1. The third kappa shape index (κ3) is 3.05. The number of carbonyl (C=O) groups excluding carboxylic acids is 1. The van der Waals surface area contributed by atoms with Crippen molar-refractivity contribution in [2.75, 3.05) is 11.9 Å². The molecular weight excluding hydrogens is 308 g/mol. The van der Waals surface area contributed by atoms with Gasteiger partial charge in [0.15, 0.2) is 0 Å². The summed E-state index contributed by atoms with van der Waals surface area (Å²) in [6, 6.07) is 12.1. The van der Waals surface area contributed by atoms with Crippen molar-refractivity contribution >= 4 is 28.2 Å². The summed E-state index contributed by atoms with van der Waals surface area (Å²) in [5.74, 6) is -0.691. The van der Waals surface area contributed by atoms with Gasteiger partial charge >= 0.3 is 0 Å². The number of hydrogen-bond acceptors (Lipinski definition) is 4. The van der Waals surface area contributed by atoms with Gasteiger partial charge in [-0.15, -0.1) is 0 Å². The molecule has 0 spiro atoms. The molecule has 1 amide bonds. The average molecular weight is 324 g/mol. The van der Waals surface area contributed by atoms with Crippen LogP contribution in [0.1, 0.15) is 15.9 Å². The zero-order valence-electron chi connectivity index (χ0n) is 12.8. The number of nitro benzene ring substituents is 1. The number of para-hydroxylation sites is 1. The van der Waals surface area contributed by atoms with E-state index in [1.54, 1.807) is 0 Å². The van der Waals surface area contributed by atoms with Crippen molar-refractivity contribution in [1.29, 1.82) is 0 Å². The standard InChI is InChI=1S/C17H16N4O3/c18-17(22)11-5-6-15(16(9-11)21(23)24)19-8-7-12-10-20-14-4-2-1-3-13(12)14/h1-6,9-10,19-20H,7-8H2,(H2,18,22). The van der Waals surface area contributed by atoms with E-state index in [1.165, 1.54) is 18.2 Å². The predicted molar refractivity (Wildman–Crippen MR) is 92.1 cm³/mol. The third-order valence-corrected chi connectivity index (χ3v) is 3.86. The van der Waals surface area contributed by atoms with Gasteiger partial charge in [0.25, 0.3) is 5.69 Å². The molecule has 3 aromatic rings. The average Bonchev–Trinajstić information content (AvgIpc) is 2.98. The van der Waals surface area contributed by atoms with Crippen molar-refractivity contribution < 1.29 is 9.72 Å². The molecule has 24 heavy (non-hydrogen) atoms. The number of nitrogens with one attached hydrogen (secondary N) is 2. The number of primary amides is 1. The Kier molecular flexibility index (Phi) is 4.15. The first-order valence-electron chi connectivity index (χ1n) is 7.43. The Morgan fingerprint density at radius 2 is 2.04 bits per heavy atom. The zero-order valence-corrected chi connectivity index (χ0v) is 12.8. The lowest BCUT2D eigenvalue weighted by molar-refractivity contribution is -0.384. The first-order valence-corrected chi connectivity index (χ1v) is 7.43. The van der Waals surface area contributed by atoms with E-state index in [0.29, 0.717) is 18.7 Å². The fraction of sp³-hybridized carbons (Fsp3) is 0.118. The maximum absolute atomic E-state index is 11.2. The van der Waals surface area contributed by atoms with E-state index in [0.717, 1.165) is 16.5 Å². The number of anilines is 1. The molecule has 122 valence electrons. The van der Waals surface area contributed by atoms with Gasteiger partial charge in [0, 0.05) is 35.3 Å². The van der Waals surface area contributed by atoms with Gasteiger partial charge in [-0.1, -0.05) is 18.2 Å². The molecule has 3 rings (SSSR count). The summed E-state index contributed by atoms with van der Waals surface area (Å²) in [4.78, 5) is 25.0. The molecule has 4 N–H and O–H groups in total. The number of benzene rings is 2. The van der Waals surface area contributed by atoms with Crippen molar-refractivity contribution in [3.63, 3.8) is 0 Å². The quantitative estimate of drug-likeness (QED) is 0.478. The second-order valence-corrected chi connectivity index (χ2v) is 5.39. The lowest BCUT2D eigenvalue weighted by Crippen LogP contribution is -2.12. The van der Waals surface area contributed by atoms with Crippen molar-refractivity contribution in [3.8, 4) is 0 Å². The Bertz CT molecular complexity index is 917. The largest absolute Gasteiger partial charge is 0.379 e. The number of nitro groups is 1. The molecule has 0 aliphatic rings. The smallest absolute Gasteiger partial charge is 0.293 e. The first-order chi connectivity index (χ1) is 11.6. The molecule has 2 aromatic carbocycles. The molecule has 0 aliphatic carbocycles. The highest BCUT2D eigenvalue weighted by Gasteiger charge is 2.16. The number of H-pyrrole nitrogens is 1. The Balaban J connectivity index is 1.74. The van der Waals surface area contributed by atoms with E-state index in [4.69, 9.17) is 5.73 Å². The fourth-order valence-corrected chi connectivity index (χ4v) is 2.66. The Labute approximate surface area is 137 Å². The lowest BCUT2D eigenvalue weighted by atomic mass is 10.1. The molecule has 0 atom stereocenters. The van der Waals surface area contributed by atoms with Crippen molar-refractivity contribution in [1.82, 2.24) is 4.98 Å². The SMILES string of the molecule is NC(=O)c1ccc(NCCc2c[nH]c3ccccc23)c([N+](=O)[O-])c1. The second-order valence-electron chi connectivity index (χ2n) is 5.39. The number of nitrogens with two attached hydrogens (primary N) is 1. The van der Waals surface area contributed by atoms with Crippen LogP contribution in [0.4, 0.5) is 11.4 Å². The minimum Gasteiger partial charge on any atom is -0.379 e. The normalized spacial score (nSPS) is 10.7. The van der Waals surface area contributed by atoms with Crippen LogP contribution in [0.2, 0.25) is 0 Å². The lowest BCUT2D eigenvalue weighted by Gasteiger charge is -2.07. The molecular formula is C17H16N4O3. The fourth-order valence-electron chi connectivity index (χ4n) is 2.66. The maximum atomic E-state index is 11.2. The van der Waals surface area contributed by atoms with E-state index < -0.39 is 10.8 Å². The van der Waals surface area contributed by atoms with Crippen molar-refractivity contribution in [3.05, 3.63) is 69.9 Å². The number of amides is 1. The van der Waals surface area contributed by atoms with Crippen molar-refractivity contribution in [2.24, 2.45) is 5.73 Å². The van der Waals surface area contributed by atoms with Crippen molar-refractivity contribution in [2.45, 2.75) is 6.42 Å². The van der Waals surface area contributed by atoms with Crippen LogP contribution in [0, 0.1) is 10.1 Å². The maximum Gasteiger partial charge on any atom is 0.293 e. The summed E-state index contributed by atoms with van der Waals surface area (Å²) < 4.78 is 0. The molecule has 1 aromatic heterocycles. The highest BCUT2D eigenvalue weighted by atomic mass is 16.6. The first kappa shape index (κ1) is 15.5. The van der Waals surface area contributed by atoms with Gasteiger partial charge < -0.3 is 16.0 Å². The molecule has 7 heteroatoms. The summed E-state index contributed by atoms with van der Waals surface area (Å²) >= 11 is 0. The van der Waals surface area contributed by atoms with Gasteiger partial charge in [0.05, 0.1) is 4.92 Å². The molecule has 0 saturated carbocycles. The minimum atomic E-state index is -0.691. The van der Waals surface area contributed by atoms with Crippen LogP contribution in [0.25, 0.3) is 10.9 Å². The molecule has 0 saturated heterocycles. The molecule has 0 fully saturated rings. The molecule has 0 aliphatic heterocycles. The monoisotopic (exact) mass is 324 g/mol. The molecule has 0 bridgehead atoms. The van der Waals surface area contributed by atoms with Gasteiger partial charge in [0.2, 0.25) is 5.91 Å². The summed E-state index contributed by atoms with van der Waals surface area (Å²) in [6.07, 6.45) is 2.65. The second kappa shape index (κ2) is 6.41. The predicted octanol–water partition coefficient (Wildman–Crippen LogP) is 2.83. The molecule has 7 nitrogen and oxygen atoms in total. The Morgan fingerprint density at radius 1 is 1.25 bits per heavy atom. The number of aromatic amines is 1. The van der Waals surface area contributed by atoms with Gasteiger partial charge in [-0.3, -0.25) is 14.9 Å².